The molecule has 0 N–H and O–H groups in total. The monoisotopic (exact) mass is 202 g/mol. The van der Waals surface area contributed by atoms with E-state index in [0.29, 0.717) is 5.92 Å². The van der Waals surface area contributed by atoms with Gasteiger partial charge in [0.25, 0.3) is 0 Å². The van der Waals surface area contributed by atoms with Crippen molar-refractivity contribution in [2.75, 3.05) is 0 Å². The summed E-state index contributed by atoms with van der Waals surface area (Å²) >= 11 is 0. The zero-order chi connectivity index (χ0) is 10.8. The number of fused-ring (bicyclic) bond motifs is 1. The van der Waals surface area contributed by atoms with E-state index in [9.17, 15) is 4.39 Å². The van der Waals surface area contributed by atoms with Crippen molar-refractivity contribution in [3.05, 3.63) is 47.8 Å². The largest absolute Gasteiger partial charge is 0.207 e. The summed E-state index contributed by atoms with van der Waals surface area (Å²) in [6.45, 7) is 4.30. The molecular formula is C14H15F. The van der Waals surface area contributed by atoms with Crippen molar-refractivity contribution in [3.8, 4) is 0 Å². The maximum absolute atomic E-state index is 13.3. The van der Waals surface area contributed by atoms with Crippen LogP contribution in [0, 0.1) is 11.7 Å². The number of benzene rings is 2. The highest BCUT2D eigenvalue weighted by molar-refractivity contribution is 5.85. The van der Waals surface area contributed by atoms with Crippen molar-refractivity contribution in [2.24, 2.45) is 5.92 Å². The summed E-state index contributed by atoms with van der Waals surface area (Å²) in [5.74, 6) is 0.416. The molecule has 1 heteroatoms. The molecule has 0 aliphatic heterocycles. The van der Waals surface area contributed by atoms with E-state index in [1.54, 1.807) is 12.1 Å². The molecule has 0 bridgehead atoms. The molecule has 0 radical (unpaired) electrons. The number of halogens is 1. The van der Waals surface area contributed by atoms with Crippen LogP contribution in [-0.4, -0.2) is 0 Å². The maximum Gasteiger partial charge on any atom is 0.124 e. The highest BCUT2D eigenvalue weighted by Gasteiger charge is 2.05. The second-order valence-electron chi connectivity index (χ2n) is 4.38. The molecule has 0 fully saturated rings. The fourth-order valence-electron chi connectivity index (χ4n) is 1.96. The molecule has 0 saturated heterocycles. The van der Waals surface area contributed by atoms with Crippen LogP contribution in [0.4, 0.5) is 4.39 Å². The molecule has 15 heavy (non-hydrogen) atoms. The Bertz CT molecular complexity index is 472. The Morgan fingerprint density at radius 1 is 1.13 bits per heavy atom. The average molecular weight is 202 g/mol. The summed E-state index contributed by atoms with van der Waals surface area (Å²) < 4.78 is 13.3. The van der Waals surface area contributed by atoms with Crippen LogP contribution in [0.2, 0.25) is 0 Å². The Morgan fingerprint density at radius 3 is 2.60 bits per heavy atom. The lowest BCUT2D eigenvalue weighted by atomic mass is 9.97. The van der Waals surface area contributed by atoms with Crippen LogP contribution in [0.25, 0.3) is 10.8 Å². The average Bonchev–Trinajstić information content (AvgIpc) is 2.16. The Balaban J connectivity index is 2.60. The summed E-state index contributed by atoms with van der Waals surface area (Å²) in [5, 5.41) is 2.17. The van der Waals surface area contributed by atoms with Gasteiger partial charge in [-0.05, 0) is 40.8 Å². The smallest absolute Gasteiger partial charge is 0.124 e. The molecule has 2 rings (SSSR count). The maximum atomic E-state index is 13.3. The van der Waals surface area contributed by atoms with Gasteiger partial charge in [0.2, 0.25) is 0 Å². The van der Waals surface area contributed by atoms with E-state index in [2.05, 4.69) is 19.9 Å². The van der Waals surface area contributed by atoms with Gasteiger partial charge in [-0.15, -0.1) is 0 Å². The van der Waals surface area contributed by atoms with Crippen molar-refractivity contribution in [1.29, 1.82) is 0 Å². The number of rotatable bonds is 2. The molecule has 0 amide bonds. The van der Waals surface area contributed by atoms with Gasteiger partial charge in [0.05, 0.1) is 0 Å². The zero-order valence-electron chi connectivity index (χ0n) is 9.13. The van der Waals surface area contributed by atoms with E-state index in [-0.39, 0.29) is 5.82 Å². The molecule has 0 saturated carbocycles. The van der Waals surface area contributed by atoms with Gasteiger partial charge in [-0.1, -0.05) is 38.1 Å². The van der Waals surface area contributed by atoms with Crippen LogP contribution in [-0.2, 0) is 6.42 Å². The summed E-state index contributed by atoms with van der Waals surface area (Å²) in [5.41, 5.74) is 1.11. The second kappa shape index (κ2) is 4.01. The molecule has 0 heterocycles. The molecular weight excluding hydrogens is 187 g/mol. The minimum atomic E-state index is -0.135. The van der Waals surface area contributed by atoms with Crippen LogP contribution >= 0.6 is 0 Å². The quantitative estimate of drug-likeness (QED) is 0.685. The molecule has 0 atom stereocenters. The highest BCUT2D eigenvalue weighted by Crippen LogP contribution is 2.22. The first kappa shape index (κ1) is 10.2. The lowest BCUT2D eigenvalue weighted by Gasteiger charge is -2.09. The van der Waals surface area contributed by atoms with Crippen molar-refractivity contribution < 1.29 is 4.39 Å². The van der Waals surface area contributed by atoms with Gasteiger partial charge in [0.15, 0.2) is 0 Å². The fraction of sp³-hybridized carbons (Fsp3) is 0.286. The fourth-order valence-corrected chi connectivity index (χ4v) is 1.96. The van der Waals surface area contributed by atoms with E-state index in [0.717, 1.165) is 17.4 Å². The molecule has 0 unspecified atom stereocenters. The zero-order valence-corrected chi connectivity index (χ0v) is 9.13. The number of hydrogen-bond acceptors (Lipinski definition) is 0. The van der Waals surface area contributed by atoms with Crippen LogP contribution < -0.4 is 0 Å². The van der Waals surface area contributed by atoms with Gasteiger partial charge < -0.3 is 0 Å². The normalized spacial score (nSPS) is 11.2. The Hall–Kier alpha value is -1.37. The minimum absolute atomic E-state index is 0.135. The third-order valence-corrected chi connectivity index (χ3v) is 2.54. The van der Waals surface area contributed by atoms with Crippen LogP contribution in [0.3, 0.4) is 0 Å². The van der Waals surface area contributed by atoms with E-state index in [4.69, 9.17) is 0 Å². The van der Waals surface area contributed by atoms with Gasteiger partial charge in [-0.25, -0.2) is 4.39 Å². The van der Waals surface area contributed by atoms with E-state index >= 15 is 0 Å². The summed E-state index contributed by atoms with van der Waals surface area (Å²) in [6, 6.07) is 11.2. The van der Waals surface area contributed by atoms with Crippen LogP contribution in [0.5, 0.6) is 0 Å². The second-order valence-corrected chi connectivity index (χ2v) is 4.38. The first-order valence-corrected chi connectivity index (χ1v) is 5.34. The Labute approximate surface area is 89.7 Å². The SMILES string of the molecule is CC(C)Cc1cc(F)cc2ccccc12. The van der Waals surface area contributed by atoms with Gasteiger partial charge in [0.1, 0.15) is 5.82 Å². The highest BCUT2D eigenvalue weighted by atomic mass is 19.1. The van der Waals surface area contributed by atoms with Gasteiger partial charge in [-0.2, -0.15) is 0 Å². The molecule has 0 nitrogen and oxygen atoms in total. The summed E-state index contributed by atoms with van der Waals surface area (Å²) in [6.07, 6.45) is 0.929. The van der Waals surface area contributed by atoms with E-state index < -0.39 is 0 Å². The molecule has 2 aromatic carbocycles. The molecule has 78 valence electrons. The van der Waals surface area contributed by atoms with Crippen molar-refractivity contribution in [3.63, 3.8) is 0 Å². The first-order chi connectivity index (χ1) is 7.16. The lowest BCUT2D eigenvalue weighted by Crippen LogP contribution is -1.96. The molecule has 2 aromatic rings. The summed E-state index contributed by atoms with van der Waals surface area (Å²) in [7, 11) is 0. The van der Waals surface area contributed by atoms with E-state index in [1.807, 2.05) is 18.2 Å². The molecule has 0 aliphatic carbocycles. The standard InChI is InChI=1S/C14H15F/c1-10(2)7-12-9-13(15)8-11-5-3-4-6-14(11)12/h3-6,8-10H,7H2,1-2H3. The molecule has 0 aromatic heterocycles. The van der Waals surface area contributed by atoms with E-state index in [1.165, 1.54) is 5.39 Å². The predicted octanol–water partition coefficient (Wildman–Crippen LogP) is 4.18. The topological polar surface area (TPSA) is 0 Å². The number of hydrogen-bond donors (Lipinski definition) is 0. The third-order valence-electron chi connectivity index (χ3n) is 2.54. The predicted molar refractivity (Wildman–Crippen MR) is 62.4 cm³/mol. The third kappa shape index (κ3) is 2.17. The lowest BCUT2D eigenvalue weighted by molar-refractivity contribution is 0.616. The van der Waals surface area contributed by atoms with Gasteiger partial charge >= 0.3 is 0 Å². The first-order valence-electron chi connectivity index (χ1n) is 5.34. The van der Waals surface area contributed by atoms with Crippen molar-refractivity contribution in [2.45, 2.75) is 20.3 Å². The van der Waals surface area contributed by atoms with Crippen LogP contribution in [0.1, 0.15) is 19.4 Å². The Morgan fingerprint density at radius 2 is 1.87 bits per heavy atom. The molecule has 0 aliphatic rings. The van der Waals surface area contributed by atoms with Crippen LogP contribution in [0.15, 0.2) is 36.4 Å². The van der Waals surface area contributed by atoms with Gasteiger partial charge in [-0.3, -0.25) is 0 Å². The minimum Gasteiger partial charge on any atom is -0.207 e. The Kier molecular flexibility index (Phi) is 2.72. The van der Waals surface area contributed by atoms with Gasteiger partial charge in [0, 0.05) is 0 Å². The molecule has 0 spiro atoms. The van der Waals surface area contributed by atoms with Crippen molar-refractivity contribution in [1.82, 2.24) is 0 Å². The van der Waals surface area contributed by atoms with Crippen molar-refractivity contribution >= 4 is 10.8 Å². The summed E-state index contributed by atoms with van der Waals surface area (Å²) in [4.78, 5) is 0.